The number of hydrogen-bond acceptors (Lipinski definition) is 6. The van der Waals surface area contributed by atoms with Gasteiger partial charge in [0.15, 0.2) is 9.84 Å². The molecule has 4 rings (SSSR count). The molecule has 1 aromatic heterocycles. The second-order valence-corrected chi connectivity index (χ2v) is 9.76. The number of carbonyl (C=O) groups excluding carboxylic acids is 1. The van der Waals surface area contributed by atoms with Crippen molar-refractivity contribution in [3.8, 4) is 5.75 Å². The average molecular weight is 440 g/mol. The molecule has 1 saturated heterocycles. The van der Waals surface area contributed by atoms with Crippen molar-refractivity contribution >= 4 is 32.3 Å². The summed E-state index contributed by atoms with van der Waals surface area (Å²) in [5.41, 5.74) is 8.50. The lowest BCUT2D eigenvalue weighted by Crippen LogP contribution is -2.42. The minimum absolute atomic E-state index is 0.0222. The molecule has 2 N–H and O–H groups in total. The number of hydrogen-bond donors (Lipinski definition) is 1. The highest BCUT2D eigenvalue weighted by Crippen LogP contribution is 2.31. The Labute approximate surface area is 181 Å². The normalized spacial score (nSPS) is 16.9. The minimum Gasteiger partial charge on any atom is -0.497 e. The summed E-state index contributed by atoms with van der Waals surface area (Å²) in [6.07, 6.45) is 1.62. The third-order valence-corrected chi connectivity index (χ3v) is 7.29. The van der Waals surface area contributed by atoms with Gasteiger partial charge in [0.05, 0.1) is 28.9 Å². The molecule has 1 aliphatic rings. The molecule has 8 heteroatoms. The number of pyridine rings is 1. The lowest BCUT2D eigenvalue weighted by atomic mass is 9.92. The molecular weight excluding hydrogens is 414 g/mol. The molecule has 7 nitrogen and oxygen atoms in total. The molecule has 0 radical (unpaired) electrons. The van der Waals surface area contributed by atoms with Crippen LogP contribution < -0.4 is 10.5 Å². The number of fused-ring (bicyclic) bond motifs is 1. The van der Waals surface area contributed by atoms with Gasteiger partial charge in [-0.15, -0.1) is 0 Å². The van der Waals surface area contributed by atoms with Gasteiger partial charge in [0, 0.05) is 24.4 Å². The summed E-state index contributed by atoms with van der Waals surface area (Å²) >= 11 is 0. The number of benzene rings is 2. The van der Waals surface area contributed by atoms with Gasteiger partial charge >= 0.3 is 0 Å². The largest absolute Gasteiger partial charge is 0.497 e. The third-order valence-electron chi connectivity index (χ3n) is 5.68. The Hall–Kier alpha value is -3.13. The number of nitrogens with zero attached hydrogens (tertiary/aromatic N) is 2. The van der Waals surface area contributed by atoms with Crippen molar-refractivity contribution in [2.75, 3.05) is 31.7 Å². The zero-order chi connectivity index (χ0) is 22.0. The summed E-state index contributed by atoms with van der Waals surface area (Å²) in [4.78, 5) is 19.3. The first-order valence-electron chi connectivity index (χ1n) is 10.2. The number of sulfone groups is 1. The van der Waals surface area contributed by atoms with E-state index in [4.69, 9.17) is 15.5 Å². The summed E-state index contributed by atoms with van der Waals surface area (Å²) in [6.45, 7) is 0.938. The molecular formula is C23H25N3O4S. The monoisotopic (exact) mass is 439 g/mol. The maximum absolute atomic E-state index is 12.9. The first-order valence-corrected chi connectivity index (χ1v) is 11.8. The van der Waals surface area contributed by atoms with Crippen LogP contribution in [0.4, 0.5) is 5.69 Å². The topological polar surface area (TPSA) is 103 Å². The van der Waals surface area contributed by atoms with E-state index in [1.807, 2.05) is 30.3 Å². The van der Waals surface area contributed by atoms with Crippen LogP contribution in [0.2, 0.25) is 0 Å². The number of para-hydroxylation sites is 1. The smallest absolute Gasteiger partial charge is 0.238 e. The van der Waals surface area contributed by atoms with Crippen LogP contribution in [-0.4, -0.2) is 50.2 Å². The highest BCUT2D eigenvalue weighted by Gasteiger charge is 2.30. The average Bonchev–Trinajstić information content (AvgIpc) is 2.78. The van der Waals surface area contributed by atoms with E-state index in [1.165, 1.54) is 19.2 Å². The van der Waals surface area contributed by atoms with Crippen molar-refractivity contribution in [3.63, 3.8) is 0 Å². The van der Waals surface area contributed by atoms with Gasteiger partial charge in [0.25, 0.3) is 0 Å². The number of nitrogen functional groups attached to an aromatic ring is 1. The predicted octanol–water partition coefficient (Wildman–Crippen LogP) is 3.01. The number of anilines is 1. The SMILES string of the molecule is COc1ccc(S(=O)(=O)CC(=O)N2CCC[C@H](c3nc4ccccc4cc3N)C2)cc1. The lowest BCUT2D eigenvalue weighted by molar-refractivity contribution is -0.129. The Bertz CT molecular complexity index is 1210. The van der Waals surface area contributed by atoms with E-state index < -0.39 is 21.5 Å². The van der Waals surface area contributed by atoms with E-state index in [2.05, 4.69) is 0 Å². The number of amides is 1. The van der Waals surface area contributed by atoms with Crippen LogP contribution >= 0.6 is 0 Å². The van der Waals surface area contributed by atoms with Crippen LogP contribution in [0.3, 0.4) is 0 Å². The molecule has 0 saturated carbocycles. The van der Waals surface area contributed by atoms with Gasteiger partial charge < -0.3 is 15.4 Å². The van der Waals surface area contributed by atoms with Crippen LogP contribution in [0.1, 0.15) is 24.5 Å². The maximum Gasteiger partial charge on any atom is 0.238 e. The molecule has 2 aromatic carbocycles. The van der Waals surface area contributed by atoms with Crippen molar-refractivity contribution in [2.45, 2.75) is 23.7 Å². The number of likely N-dealkylation sites (tertiary alicyclic amines) is 1. The Morgan fingerprint density at radius 2 is 1.94 bits per heavy atom. The highest BCUT2D eigenvalue weighted by molar-refractivity contribution is 7.92. The zero-order valence-corrected chi connectivity index (χ0v) is 18.1. The standard InChI is InChI=1S/C23H25N3O4S/c1-30-18-8-10-19(11-9-18)31(28,29)15-22(27)26-12-4-6-17(14-26)23-20(24)13-16-5-2-3-7-21(16)25-23/h2-3,5,7-11,13,17H,4,6,12,14-15,24H2,1H3/t17-/m0/s1. The van der Waals surface area contributed by atoms with Gasteiger partial charge in [0.1, 0.15) is 11.5 Å². The van der Waals surface area contributed by atoms with Crippen molar-refractivity contribution < 1.29 is 17.9 Å². The molecule has 31 heavy (non-hydrogen) atoms. The number of piperidine rings is 1. The molecule has 1 fully saturated rings. The van der Waals surface area contributed by atoms with Gasteiger partial charge in [-0.1, -0.05) is 18.2 Å². The van der Waals surface area contributed by atoms with Crippen LogP contribution in [0.15, 0.2) is 59.5 Å². The second kappa shape index (κ2) is 8.55. The molecule has 0 aliphatic carbocycles. The molecule has 3 aromatic rings. The molecule has 0 unspecified atom stereocenters. The lowest BCUT2D eigenvalue weighted by Gasteiger charge is -2.33. The van der Waals surface area contributed by atoms with Gasteiger partial charge in [-0.3, -0.25) is 9.78 Å². The predicted molar refractivity (Wildman–Crippen MR) is 120 cm³/mol. The van der Waals surface area contributed by atoms with Crippen LogP contribution in [-0.2, 0) is 14.6 Å². The van der Waals surface area contributed by atoms with E-state index in [0.29, 0.717) is 24.5 Å². The summed E-state index contributed by atoms with van der Waals surface area (Å²) in [5.74, 6) is -0.428. The second-order valence-electron chi connectivity index (χ2n) is 7.77. The summed E-state index contributed by atoms with van der Waals surface area (Å²) < 4.78 is 30.5. The zero-order valence-electron chi connectivity index (χ0n) is 17.3. The number of nitrogens with two attached hydrogens (primary N) is 1. The highest BCUT2D eigenvalue weighted by atomic mass is 32.2. The third kappa shape index (κ3) is 4.49. The number of aromatic nitrogens is 1. The van der Waals surface area contributed by atoms with Gasteiger partial charge in [-0.25, -0.2) is 8.42 Å². The number of carbonyl (C=O) groups is 1. The van der Waals surface area contributed by atoms with Gasteiger partial charge in [-0.05, 0) is 49.2 Å². The fraction of sp³-hybridized carbons (Fsp3) is 0.304. The van der Waals surface area contributed by atoms with Crippen molar-refractivity contribution in [3.05, 3.63) is 60.3 Å². The first-order chi connectivity index (χ1) is 14.9. The van der Waals surface area contributed by atoms with E-state index >= 15 is 0 Å². The summed E-state index contributed by atoms with van der Waals surface area (Å²) in [6, 6.07) is 15.7. The van der Waals surface area contributed by atoms with Gasteiger partial charge in [0.2, 0.25) is 5.91 Å². The molecule has 1 atom stereocenters. The quantitative estimate of drug-likeness (QED) is 0.656. The van der Waals surface area contributed by atoms with E-state index in [1.54, 1.807) is 17.0 Å². The number of rotatable bonds is 5. The molecule has 0 bridgehead atoms. The van der Waals surface area contributed by atoms with E-state index in [0.717, 1.165) is 29.4 Å². The van der Waals surface area contributed by atoms with Crippen LogP contribution in [0, 0.1) is 0 Å². The first kappa shape index (κ1) is 21.1. The van der Waals surface area contributed by atoms with Crippen LogP contribution in [0.5, 0.6) is 5.75 Å². The van der Waals surface area contributed by atoms with E-state index in [-0.39, 0.29) is 10.8 Å². The Balaban J connectivity index is 1.50. The van der Waals surface area contributed by atoms with Crippen molar-refractivity contribution in [1.29, 1.82) is 0 Å². The van der Waals surface area contributed by atoms with Crippen molar-refractivity contribution in [1.82, 2.24) is 9.88 Å². The molecule has 2 heterocycles. The fourth-order valence-corrected chi connectivity index (χ4v) is 5.25. The molecule has 0 spiro atoms. The van der Waals surface area contributed by atoms with E-state index in [9.17, 15) is 13.2 Å². The molecule has 1 amide bonds. The number of methoxy groups -OCH3 is 1. The Morgan fingerprint density at radius 1 is 1.19 bits per heavy atom. The molecule has 1 aliphatic heterocycles. The fourth-order valence-electron chi connectivity index (χ4n) is 4.02. The summed E-state index contributed by atoms with van der Waals surface area (Å²) in [7, 11) is -2.23. The Morgan fingerprint density at radius 3 is 2.68 bits per heavy atom. The maximum atomic E-state index is 12.9. The molecule has 162 valence electrons. The van der Waals surface area contributed by atoms with Crippen molar-refractivity contribution in [2.24, 2.45) is 0 Å². The number of ether oxygens (including phenoxy) is 1. The minimum atomic E-state index is -3.74. The Kier molecular flexibility index (Phi) is 5.82. The summed E-state index contributed by atoms with van der Waals surface area (Å²) in [5, 5.41) is 0.970. The van der Waals surface area contributed by atoms with Crippen LogP contribution in [0.25, 0.3) is 10.9 Å². The van der Waals surface area contributed by atoms with Gasteiger partial charge in [-0.2, -0.15) is 0 Å².